The molecule has 1 atom stereocenters. The van der Waals surface area contributed by atoms with Gasteiger partial charge in [0.15, 0.2) is 0 Å². The standard InChI is InChI=1S/C12H14BrNO3/c1-3-10(12(16)17)14(2)11(15)8-4-6-9(13)7-5-8/h4-7,10H,3H2,1-2H3,(H,16,17). The quantitative estimate of drug-likeness (QED) is 0.929. The molecule has 1 amide bonds. The fraction of sp³-hybridized carbons (Fsp3) is 0.333. The maximum atomic E-state index is 12.0. The number of aliphatic carboxylic acids is 1. The molecule has 0 bridgehead atoms. The minimum atomic E-state index is -0.986. The molecule has 17 heavy (non-hydrogen) atoms. The summed E-state index contributed by atoms with van der Waals surface area (Å²) in [5.74, 6) is -1.27. The van der Waals surface area contributed by atoms with Gasteiger partial charge in [0, 0.05) is 17.1 Å². The van der Waals surface area contributed by atoms with Crippen molar-refractivity contribution in [3.63, 3.8) is 0 Å². The minimum Gasteiger partial charge on any atom is -0.480 e. The number of carbonyl (C=O) groups is 2. The summed E-state index contributed by atoms with van der Waals surface area (Å²) < 4.78 is 0.877. The van der Waals surface area contributed by atoms with Gasteiger partial charge in [-0.2, -0.15) is 0 Å². The molecule has 1 unspecified atom stereocenters. The lowest BCUT2D eigenvalue weighted by atomic mass is 10.1. The van der Waals surface area contributed by atoms with Gasteiger partial charge in [0.2, 0.25) is 0 Å². The lowest BCUT2D eigenvalue weighted by molar-refractivity contribution is -0.142. The van der Waals surface area contributed by atoms with E-state index in [-0.39, 0.29) is 5.91 Å². The molecule has 1 aromatic carbocycles. The fourth-order valence-electron chi connectivity index (χ4n) is 1.55. The molecule has 1 aromatic rings. The zero-order chi connectivity index (χ0) is 13.0. The normalized spacial score (nSPS) is 11.9. The second kappa shape index (κ2) is 5.82. The summed E-state index contributed by atoms with van der Waals surface area (Å²) in [5, 5.41) is 8.98. The summed E-state index contributed by atoms with van der Waals surface area (Å²) in [6.07, 6.45) is 0.383. The Bertz CT molecular complexity index is 416. The second-order valence-electron chi connectivity index (χ2n) is 3.69. The van der Waals surface area contributed by atoms with Gasteiger partial charge in [-0.1, -0.05) is 22.9 Å². The highest BCUT2D eigenvalue weighted by atomic mass is 79.9. The largest absolute Gasteiger partial charge is 0.480 e. The number of amides is 1. The highest BCUT2D eigenvalue weighted by Gasteiger charge is 2.25. The Morgan fingerprint density at radius 3 is 2.29 bits per heavy atom. The van der Waals surface area contributed by atoms with Gasteiger partial charge in [-0.3, -0.25) is 4.79 Å². The van der Waals surface area contributed by atoms with Crippen LogP contribution in [0.4, 0.5) is 0 Å². The third-order valence-electron chi connectivity index (χ3n) is 2.55. The molecule has 1 rings (SSSR count). The first-order valence-corrected chi connectivity index (χ1v) is 6.02. The number of carbonyl (C=O) groups excluding carboxylic acids is 1. The maximum absolute atomic E-state index is 12.0. The van der Waals surface area contributed by atoms with Crippen molar-refractivity contribution in [2.45, 2.75) is 19.4 Å². The van der Waals surface area contributed by atoms with E-state index in [1.807, 2.05) is 0 Å². The molecule has 0 aliphatic heterocycles. The molecule has 0 saturated carbocycles. The second-order valence-corrected chi connectivity index (χ2v) is 4.60. The van der Waals surface area contributed by atoms with Crippen LogP contribution in [-0.4, -0.2) is 35.0 Å². The molecule has 5 heteroatoms. The summed E-state index contributed by atoms with van der Waals surface area (Å²) in [7, 11) is 1.51. The minimum absolute atomic E-state index is 0.285. The Hall–Kier alpha value is -1.36. The summed E-state index contributed by atoms with van der Waals surface area (Å²) in [6.45, 7) is 1.74. The number of benzene rings is 1. The first-order valence-electron chi connectivity index (χ1n) is 5.23. The molecule has 0 saturated heterocycles. The van der Waals surface area contributed by atoms with Gasteiger partial charge >= 0.3 is 5.97 Å². The number of carboxylic acid groups (broad SMARTS) is 1. The zero-order valence-corrected chi connectivity index (χ0v) is 11.3. The monoisotopic (exact) mass is 299 g/mol. The molecule has 0 radical (unpaired) electrons. The molecule has 4 nitrogen and oxygen atoms in total. The van der Waals surface area contributed by atoms with Crippen molar-refractivity contribution in [1.82, 2.24) is 4.90 Å². The topological polar surface area (TPSA) is 57.6 Å². The molecule has 0 aromatic heterocycles. The van der Waals surface area contributed by atoms with Gasteiger partial charge in [-0.05, 0) is 30.7 Å². The SMILES string of the molecule is CCC(C(=O)O)N(C)C(=O)c1ccc(Br)cc1. The Morgan fingerprint density at radius 1 is 1.35 bits per heavy atom. The Labute approximate surface area is 108 Å². The van der Waals surface area contributed by atoms with Gasteiger partial charge in [0.25, 0.3) is 5.91 Å². The lowest BCUT2D eigenvalue weighted by Crippen LogP contribution is -2.41. The van der Waals surface area contributed by atoms with Crippen molar-refractivity contribution in [2.24, 2.45) is 0 Å². The van der Waals surface area contributed by atoms with Crippen molar-refractivity contribution in [2.75, 3.05) is 7.05 Å². The number of hydrogen-bond acceptors (Lipinski definition) is 2. The number of likely N-dealkylation sites (N-methyl/N-ethyl adjacent to an activating group) is 1. The molecule has 1 N–H and O–H groups in total. The van der Waals surface area contributed by atoms with Crippen LogP contribution in [0.5, 0.6) is 0 Å². The van der Waals surface area contributed by atoms with Crippen LogP contribution in [0.1, 0.15) is 23.7 Å². The summed E-state index contributed by atoms with van der Waals surface area (Å²) in [5.41, 5.74) is 0.482. The third-order valence-corrected chi connectivity index (χ3v) is 3.08. The van der Waals surface area contributed by atoms with Crippen molar-refractivity contribution < 1.29 is 14.7 Å². The molecule has 92 valence electrons. The van der Waals surface area contributed by atoms with Crippen molar-refractivity contribution in [3.8, 4) is 0 Å². The molecule has 0 spiro atoms. The van der Waals surface area contributed by atoms with Crippen LogP contribution in [0.25, 0.3) is 0 Å². The van der Waals surface area contributed by atoms with E-state index in [9.17, 15) is 9.59 Å². The molecular formula is C12H14BrNO3. The number of hydrogen-bond donors (Lipinski definition) is 1. The van der Waals surface area contributed by atoms with E-state index in [0.717, 1.165) is 4.47 Å². The van der Waals surface area contributed by atoms with Gasteiger partial charge in [0.1, 0.15) is 6.04 Å². The van der Waals surface area contributed by atoms with Crippen LogP contribution < -0.4 is 0 Å². The van der Waals surface area contributed by atoms with Crippen molar-refractivity contribution in [3.05, 3.63) is 34.3 Å². The van der Waals surface area contributed by atoms with E-state index in [1.54, 1.807) is 31.2 Å². The van der Waals surface area contributed by atoms with Crippen LogP contribution in [0.3, 0.4) is 0 Å². The highest BCUT2D eigenvalue weighted by molar-refractivity contribution is 9.10. The average molecular weight is 300 g/mol. The smallest absolute Gasteiger partial charge is 0.326 e. The van der Waals surface area contributed by atoms with Crippen LogP contribution in [0.2, 0.25) is 0 Å². The first-order chi connectivity index (χ1) is 7.97. The Morgan fingerprint density at radius 2 is 1.88 bits per heavy atom. The zero-order valence-electron chi connectivity index (χ0n) is 9.68. The van der Waals surface area contributed by atoms with E-state index < -0.39 is 12.0 Å². The van der Waals surface area contributed by atoms with Gasteiger partial charge in [-0.25, -0.2) is 4.79 Å². The van der Waals surface area contributed by atoms with E-state index in [4.69, 9.17) is 5.11 Å². The van der Waals surface area contributed by atoms with Gasteiger partial charge in [-0.15, -0.1) is 0 Å². The highest BCUT2D eigenvalue weighted by Crippen LogP contribution is 2.13. The molecule has 0 aliphatic carbocycles. The van der Waals surface area contributed by atoms with E-state index in [0.29, 0.717) is 12.0 Å². The fourth-order valence-corrected chi connectivity index (χ4v) is 1.82. The van der Waals surface area contributed by atoms with E-state index in [2.05, 4.69) is 15.9 Å². The molecule has 0 heterocycles. The molecule has 0 aliphatic rings. The van der Waals surface area contributed by atoms with E-state index >= 15 is 0 Å². The van der Waals surface area contributed by atoms with Crippen LogP contribution in [0.15, 0.2) is 28.7 Å². The Balaban J connectivity index is 2.89. The molecule has 0 fully saturated rings. The van der Waals surface area contributed by atoms with Crippen LogP contribution in [0, 0.1) is 0 Å². The number of nitrogens with zero attached hydrogens (tertiary/aromatic N) is 1. The van der Waals surface area contributed by atoms with Gasteiger partial charge < -0.3 is 10.0 Å². The summed E-state index contributed by atoms with van der Waals surface area (Å²) in [4.78, 5) is 24.2. The first kappa shape index (κ1) is 13.7. The van der Waals surface area contributed by atoms with Crippen molar-refractivity contribution >= 4 is 27.8 Å². The van der Waals surface area contributed by atoms with Crippen molar-refractivity contribution in [1.29, 1.82) is 0 Å². The maximum Gasteiger partial charge on any atom is 0.326 e. The number of rotatable bonds is 4. The van der Waals surface area contributed by atoms with Crippen LogP contribution in [-0.2, 0) is 4.79 Å². The summed E-state index contributed by atoms with van der Waals surface area (Å²) >= 11 is 3.28. The lowest BCUT2D eigenvalue weighted by Gasteiger charge is -2.23. The van der Waals surface area contributed by atoms with E-state index in [1.165, 1.54) is 11.9 Å². The number of halogens is 1. The van der Waals surface area contributed by atoms with Crippen LogP contribution >= 0.6 is 15.9 Å². The average Bonchev–Trinajstić information content (AvgIpc) is 2.29. The predicted octanol–water partition coefficient (Wildman–Crippen LogP) is 2.38. The third kappa shape index (κ3) is 3.30. The predicted molar refractivity (Wildman–Crippen MR) is 68.0 cm³/mol. The summed E-state index contributed by atoms with van der Waals surface area (Å²) in [6, 6.07) is 6.05. The number of carboxylic acids is 1. The Kier molecular flexibility index (Phi) is 4.69. The van der Waals surface area contributed by atoms with Gasteiger partial charge in [0.05, 0.1) is 0 Å². The molecular weight excluding hydrogens is 286 g/mol.